The maximum absolute atomic E-state index is 10.6. The summed E-state index contributed by atoms with van der Waals surface area (Å²) in [6.07, 6.45) is 4.48. The number of aromatic hydroxyl groups is 1. The number of ether oxygens (including phenoxy) is 4. The fourth-order valence-electron chi connectivity index (χ4n) is 6.96. The lowest BCUT2D eigenvalue weighted by Gasteiger charge is -2.38. The van der Waals surface area contributed by atoms with Crippen LogP contribution in [0, 0.1) is 17.2 Å². The number of phenols is 1. The molecule has 0 spiro atoms. The number of aromatic amines is 1. The van der Waals surface area contributed by atoms with E-state index < -0.39 is 0 Å². The van der Waals surface area contributed by atoms with Gasteiger partial charge in [0.15, 0.2) is 24.1 Å². The predicted octanol–water partition coefficient (Wildman–Crippen LogP) is 5.46. The minimum atomic E-state index is -0.303. The van der Waals surface area contributed by atoms with Gasteiger partial charge in [0, 0.05) is 35.4 Å². The van der Waals surface area contributed by atoms with Crippen molar-refractivity contribution in [3.05, 3.63) is 77.0 Å². The van der Waals surface area contributed by atoms with Gasteiger partial charge in [-0.05, 0) is 65.4 Å². The molecule has 10 nitrogen and oxygen atoms in total. The molecule has 1 aliphatic carbocycles. The van der Waals surface area contributed by atoms with Gasteiger partial charge in [-0.25, -0.2) is 0 Å². The molecule has 7 rings (SSSR count). The number of methoxy groups -OCH3 is 2. The molecular weight excluding hydrogens is 546 g/mol. The molecule has 1 fully saturated rings. The Morgan fingerprint density at radius 3 is 2.67 bits per heavy atom. The summed E-state index contributed by atoms with van der Waals surface area (Å²) in [6, 6.07) is 15.8. The van der Waals surface area contributed by atoms with Crippen molar-refractivity contribution in [1.82, 2.24) is 4.98 Å². The van der Waals surface area contributed by atoms with Gasteiger partial charge in [0.2, 0.25) is 5.75 Å². The van der Waals surface area contributed by atoms with Crippen LogP contribution in [0.25, 0.3) is 10.9 Å². The van der Waals surface area contributed by atoms with Crippen molar-refractivity contribution < 1.29 is 24.1 Å². The lowest BCUT2D eigenvalue weighted by molar-refractivity contribution is 0.251. The molecule has 4 aromatic rings. The maximum Gasteiger partial charge on any atom is 0.200 e. The number of nitrogens with zero attached hydrogens (tertiary/aromatic N) is 1. The first-order valence-electron chi connectivity index (χ1n) is 14.5. The van der Waals surface area contributed by atoms with Crippen LogP contribution in [0.4, 0.5) is 5.69 Å². The number of para-hydroxylation sites is 1. The summed E-state index contributed by atoms with van der Waals surface area (Å²) in [7, 11) is 3.02. The number of hydrogen-bond donors (Lipinski definition) is 5. The van der Waals surface area contributed by atoms with E-state index in [1.54, 1.807) is 0 Å². The van der Waals surface area contributed by atoms with Gasteiger partial charge in [0.05, 0.1) is 44.3 Å². The lowest BCUT2D eigenvalue weighted by atomic mass is 9.65. The van der Waals surface area contributed by atoms with Crippen LogP contribution < -0.4 is 25.3 Å². The Morgan fingerprint density at radius 1 is 1.09 bits per heavy atom. The Hall–Kier alpha value is -4.86. The van der Waals surface area contributed by atoms with E-state index >= 15 is 0 Å². The van der Waals surface area contributed by atoms with E-state index in [0.29, 0.717) is 37.1 Å². The van der Waals surface area contributed by atoms with Crippen molar-refractivity contribution in [3.8, 4) is 23.0 Å². The zero-order valence-electron chi connectivity index (χ0n) is 24.1. The Labute approximate surface area is 249 Å². The van der Waals surface area contributed by atoms with E-state index in [0.717, 1.165) is 46.5 Å². The van der Waals surface area contributed by atoms with Gasteiger partial charge < -0.3 is 40.1 Å². The molecule has 43 heavy (non-hydrogen) atoms. The average Bonchev–Trinajstić information content (AvgIpc) is 3.75. The third-order valence-corrected chi connectivity index (χ3v) is 9.01. The third kappa shape index (κ3) is 4.57. The molecule has 0 unspecified atom stereocenters. The number of aryl methyl sites for hydroxylation is 1. The number of nitrogens with two attached hydrogens (primary N) is 1. The molecule has 3 aliphatic rings. The van der Waals surface area contributed by atoms with Crippen LogP contribution in [0.2, 0.25) is 0 Å². The number of rotatable bonds is 8. The van der Waals surface area contributed by atoms with Gasteiger partial charge in [0.1, 0.15) is 5.75 Å². The number of fused-ring (bicyclic) bond motifs is 4. The summed E-state index contributed by atoms with van der Waals surface area (Å²) in [5.41, 5.74) is 12.8. The first kappa shape index (κ1) is 27.0. The zero-order chi connectivity index (χ0) is 29.7. The Balaban J connectivity index is 1.26. The van der Waals surface area contributed by atoms with Crippen LogP contribution in [0.3, 0.4) is 0 Å². The van der Waals surface area contributed by atoms with E-state index in [1.807, 2.05) is 18.2 Å². The van der Waals surface area contributed by atoms with Crippen molar-refractivity contribution in [3.63, 3.8) is 0 Å². The van der Waals surface area contributed by atoms with E-state index in [1.165, 1.54) is 25.2 Å². The second-order valence-corrected chi connectivity index (χ2v) is 11.3. The highest BCUT2D eigenvalue weighted by Crippen LogP contribution is 2.56. The number of amidine groups is 1. The van der Waals surface area contributed by atoms with E-state index in [-0.39, 0.29) is 35.4 Å². The van der Waals surface area contributed by atoms with Crippen molar-refractivity contribution in [1.29, 1.82) is 5.41 Å². The maximum atomic E-state index is 10.6. The summed E-state index contributed by atoms with van der Waals surface area (Å²) >= 11 is 0. The van der Waals surface area contributed by atoms with Crippen LogP contribution in [0.1, 0.15) is 47.1 Å². The number of benzene rings is 3. The fraction of sp³-hybridized carbons (Fsp3) is 0.333. The van der Waals surface area contributed by atoms with Crippen LogP contribution in [0.5, 0.6) is 23.0 Å². The van der Waals surface area contributed by atoms with Crippen molar-refractivity contribution in [2.24, 2.45) is 22.6 Å². The highest BCUT2D eigenvalue weighted by molar-refractivity contribution is 5.85. The van der Waals surface area contributed by atoms with Crippen LogP contribution in [-0.2, 0) is 11.2 Å². The van der Waals surface area contributed by atoms with Gasteiger partial charge in [-0.1, -0.05) is 18.2 Å². The van der Waals surface area contributed by atoms with Crippen LogP contribution >= 0.6 is 0 Å². The summed E-state index contributed by atoms with van der Waals surface area (Å²) in [4.78, 5) is 8.46. The van der Waals surface area contributed by atoms with E-state index in [4.69, 9.17) is 35.1 Å². The third-order valence-electron chi connectivity index (χ3n) is 9.01. The summed E-state index contributed by atoms with van der Waals surface area (Å²) in [5, 5.41) is 24.0. The fourth-order valence-corrected chi connectivity index (χ4v) is 6.96. The molecule has 6 N–H and O–H groups in total. The summed E-state index contributed by atoms with van der Waals surface area (Å²) in [5.74, 6) is 1.44. The Morgan fingerprint density at radius 2 is 1.88 bits per heavy atom. The van der Waals surface area contributed by atoms with Gasteiger partial charge in [0.25, 0.3) is 0 Å². The topological polar surface area (TPSA) is 147 Å². The van der Waals surface area contributed by atoms with Crippen LogP contribution in [0.15, 0.2) is 59.7 Å². The molecule has 10 heteroatoms. The number of H-pyrrole nitrogens is 1. The molecule has 0 saturated carbocycles. The molecule has 4 atom stereocenters. The van der Waals surface area contributed by atoms with Crippen molar-refractivity contribution >= 4 is 28.3 Å². The molecule has 1 aromatic heterocycles. The van der Waals surface area contributed by atoms with Gasteiger partial charge in [-0.2, -0.15) is 0 Å². The summed E-state index contributed by atoms with van der Waals surface area (Å²) < 4.78 is 22.8. The lowest BCUT2D eigenvalue weighted by Crippen LogP contribution is -2.35. The number of anilines is 1. The Kier molecular flexibility index (Phi) is 6.76. The van der Waals surface area contributed by atoms with Gasteiger partial charge in [-0.15, -0.1) is 0 Å². The minimum Gasteiger partial charge on any atom is -0.502 e. The molecule has 3 aromatic carbocycles. The largest absolute Gasteiger partial charge is 0.502 e. The molecule has 2 aliphatic heterocycles. The summed E-state index contributed by atoms with van der Waals surface area (Å²) in [6.45, 7) is 0.748. The number of aromatic nitrogens is 1. The number of nitrogens with one attached hydrogen (secondary N) is 3. The normalized spacial score (nSPS) is 22.3. The predicted molar refractivity (Wildman–Crippen MR) is 165 cm³/mol. The van der Waals surface area contributed by atoms with Gasteiger partial charge in [-0.3, -0.25) is 10.4 Å². The first-order chi connectivity index (χ1) is 21.0. The molecule has 0 amide bonds. The molecule has 1 saturated heterocycles. The number of aliphatic imine (C=N–C) groups is 1. The average molecular weight is 582 g/mol. The molecule has 222 valence electrons. The van der Waals surface area contributed by atoms with Crippen LogP contribution in [-0.4, -0.2) is 49.4 Å². The van der Waals surface area contributed by atoms with Crippen molar-refractivity contribution in [2.45, 2.75) is 31.2 Å². The minimum absolute atomic E-state index is 0.0639. The number of phenolic OH excluding ortho intramolecular Hbond substituents is 1. The number of hydrogen-bond acceptors (Lipinski definition) is 8. The standard InChI is InChI=1S/C33H35N5O5/c1-40-26-10-18(11-27(41-2)32(26)39)29-20-12-24-25(43-16-37-24)13-21(20)31(22-15-42-33(35)30(22)29)38-28(34)9-5-6-17-14-36-23-8-4-3-7-19(17)23/h3-4,7-8,10-14,22,29-31,35-37,39H,5-6,9,15-16H2,1-2H3,(H2,34,38)/t22-,29+,30-,31+/m0/s1. The first-order valence-corrected chi connectivity index (χ1v) is 14.5. The van der Waals surface area contributed by atoms with E-state index in [2.05, 4.69) is 46.8 Å². The second-order valence-electron chi connectivity index (χ2n) is 11.3. The molecular formula is C33H35N5O5. The highest BCUT2D eigenvalue weighted by atomic mass is 16.5. The molecule has 0 radical (unpaired) electrons. The Bertz CT molecular complexity index is 1720. The molecule has 0 bridgehead atoms. The molecule has 3 heterocycles. The monoisotopic (exact) mass is 581 g/mol. The van der Waals surface area contributed by atoms with Crippen molar-refractivity contribution in [2.75, 3.05) is 32.9 Å². The SMILES string of the molecule is COc1cc([C@@H]2c3cc4c(cc3[C@@H](N=C(N)CCCc3c[nH]c5ccccc35)[C@H]3COC(=N)[C@H]23)OCN4)cc(OC)c1O. The quantitative estimate of drug-likeness (QED) is 0.137. The van der Waals surface area contributed by atoms with Gasteiger partial charge >= 0.3 is 0 Å². The smallest absolute Gasteiger partial charge is 0.200 e. The highest BCUT2D eigenvalue weighted by Gasteiger charge is 2.51. The van der Waals surface area contributed by atoms with E-state index in [9.17, 15) is 5.11 Å². The second kappa shape index (κ2) is 10.8. The zero-order valence-corrected chi connectivity index (χ0v) is 24.1.